The molecule has 0 aromatic heterocycles. The molecule has 0 saturated heterocycles. The summed E-state index contributed by atoms with van der Waals surface area (Å²) >= 11 is 3.89. The van der Waals surface area contributed by atoms with Crippen LogP contribution in [0.3, 0.4) is 0 Å². The van der Waals surface area contributed by atoms with Crippen LogP contribution >= 0.6 is 8.02 Å². The van der Waals surface area contributed by atoms with Gasteiger partial charge in [-0.3, -0.25) is 0 Å². The molecule has 0 radical (unpaired) electrons. The predicted octanol–water partition coefficient (Wildman–Crippen LogP) is -1.24. The second-order valence-electron chi connectivity index (χ2n) is 0. The summed E-state index contributed by atoms with van der Waals surface area (Å²) in [6.45, 7) is 0. The Bertz CT molecular complexity index is 8.00. The van der Waals surface area contributed by atoms with Crippen molar-refractivity contribution in [3.63, 3.8) is 0 Å². The van der Waals surface area contributed by atoms with E-state index >= 15 is 0 Å². The average Bonchev–Trinajstić information content (AvgIpc) is 1.00. The van der Waals surface area contributed by atoms with Crippen molar-refractivity contribution in [1.82, 2.24) is 0 Å². The molecule has 0 heterocycles. The van der Waals surface area contributed by atoms with Gasteiger partial charge in [-0.2, -0.15) is 0 Å². The van der Waals surface area contributed by atoms with Crippen LogP contribution in [0.4, 0.5) is 0 Å². The van der Waals surface area contributed by atoms with E-state index in [9.17, 15) is 0 Å². The summed E-state index contributed by atoms with van der Waals surface area (Å²) in [5, 5.41) is 0. The number of hydrogen-bond donors (Lipinski definition) is 0. The third-order valence-corrected chi connectivity index (χ3v) is 0. The van der Waals surface area contributed by atoms with Gasteiger partial charge in [0.1, 0.15) is 0 Å². The molecule has 4 heteroatoms. The molecule has 0 N–H and O–H groups in total. The van der Waals surface area contributed by atoms with E-state index in [4.69, 9.17) is 0 Å². The molecule has 0 amide bonds. The van der Waals surface area contributed by atoms with E-state index in [1.807, 2.05) is 0 Å². The van der Waals surface area contributed by atoms with Gasteiger partial charge in [0.15, 0.2) is 0 Å². The molecular weight excluding hydrogens is 140 g/mol. The summed E-state index contributed by atoms with van der Waals surface area (Å²) < 4.78 is 0. The minimum atomic E-state index is 0. The van der Waals surface area contributed by atoms with Crippen molar-refractivity contribution in [2.45, 2.75) is 0 Å². The SMILES string of the molecule is P=S.[GaH3].[LiH]. The Morgan fingerprint density at radius 2 is 1.25 bits per heavy atom. The summed E-state index contributed by atoms with van der Waals surface area (Å²) in [6.07, 6.45) is 0. The molecule has 4 heavy (non-hydrogen) atoms. The van der Waals surface area contributed by atoms with E-state index in [2.05, 4.69) is 19.8 Å². The van der Waals surface area contributed by atoms with Crippen molar-refractivity contribution in [2.24, 2.45) is 0 Å². The zero-order valence-electron chi connectivity index (χ0n) is 0.908. The Kier molecular flexibility index (Phi) is 93.4. The van der Waals surface area contributed by atoms with E-state index < -0.39 is 0 Å². The molecule has 0 fully saturated rings. The van der Waals surface area contributed by atoms with Crippen molar-refractivity contribution >= 4 is 58.5 Å². The molecule has 0 bridgehead atoms. The van der Waals surface area contributed by atoms with Crippen molar-refractivity contribution in [3.8, 4) is 0 Å². The van der Waals surface area contributed by atoms with E-state index in [0.29, 0.717) is 0 Å². The number of rotatable bonds is 0. The van der Waals surface area contributed by atoms with Crippen LogP contribution in [0.25, 0.3) is 0 Å². The van der Waals surface area contributed by atoms with Crippen molar-refractivity contribution in [3.05, 3.63) is 0 Å². The first kappa shape index (κ1) is 17.1. The second kappa shape index (κ2) is 21.8. The Labute approximate surface area is 58.2 Å². The average molecular weight is 145 g/mol. The standard InChI is InChI=1S/Ga.Li.HPS.4H/c;;1-2;;;;/h;;1H;;;;. The van der Waals surface area contributed by atoms with Gasteiger partial charge in [-0.25, -0.2) is 0 Å². The fourth-order valence-corrected chi connectivity index (χ4v) is 0. The number of hydrogen-bond acceptors (Lipinski definition) is 1. The van der Waals surface area contributed by atoms with E-state index in [-0.39, 0.29) is 38.7 Å². The van der Waals surface area contributed by atoms with E-state index in [1.54, 1.807) is 0 Å². The molecule has 0 aliphatic heterocycles. The molecule has 0 unspecified atom stereocenters. The summed E-state index contributed by atoms with van der Waals surface area (Å²) in [7, 11) is 2.56. The van der Waals surface area contributed by atoms with E-state index in [0.717, 1.165) is 0 Å². The van der Waals surface area contributed by atoms with Gasteiger partial charge in [-0.05, 0) is 8.02 Å². The second-order valence-corrected chi connectivity index (χ2v) is 0. The van der Waals surface area contributed by atoms with Crippen LogP contribution in [0.5, 0.6) is 0 Å². The zero-order chi connectivity index (χ0) is 2.00. The van der Waals surface area contributed by atoms with Crippen molar-refractivity contribution in [2.75, 3.05) is 0 Å². The quantitative estimate of drug-likeness (QED) is 0.303. The van der Waals surface area contributed by atoms with Crippen LogP contribution < -0.4 is 0 Å². The topological polar surface area (TPSA) is 0 Å². The van der Waals surface area contributed by atoms with Gasteiger partial charge in [0, 0.05) is 0 Å². The summed E-state index contributed by atoms with van der Waals surface area (Å²) in [6, 6.07) is 0. The molecule has 0 spiro atoms. The molecule has 0 nitrogen and oxygen atoms in total. The molecule has 0 aromatic carbocycles. The molecule has 0 aromatic rings. The van der Waals surface area contributed by atoms with Gasteiger partial charge in [-0.1, -0.05) is 11.8 Å². The van der Waals surface area contributed by atoms with Gasteiger partial charge in [0.25, 0.3) is 0 Å². The first-order valence-electron chi connectivity index (χ1n) is 0.204. The molecule has 0 aliphatic carbocycles. The van der Waals surface area contributed by atoms with Crippen LogP contribution in [0.2, 0.25) is 0 Å². The van der Waals surface area contributed by atoms with Crippen LogP contribution in [0, 0.1) is 0 Å². The first-order valence-corrected chi connectivity index (χ1v) is 1.84. The van der Waals surface area contributed by atoms with Gasteiger partial charge in [0.2, 0.25) is 0 Å². The molecule has 0 saturated carbocycles. The monoisotopic (exact) mass is 144 g/mol. The zero-order valence-corrected chi connectivity index (χ0v) is 2.72. The van der Waals surface area contributed by atoms with Gasteiger partial charge in [-0.15, -0.1) is 0 Å². The van der Waals surface area contributed by atoms with Gasteiger partial charge >= 0.3 is 38.7 Å². The maximum absolute atomic E-state index is 3.89. The minimum absolute atomic E-state index is 0. The third-order valence-electron chi connectivity index (χ3n) is 0. The normalized spacial score (nSPS) is 1.00. The Morgan fingerprint density at radius 3 is 1.25 bits per heavy atom. The van der Waals surface area contributed by atoms with Crippen LogP contribution in [0.15, 0.2) is 0 Å². The summed E-state index contributed by atoms with van der Waals surface area (Å²) in [4.78, 5) is 0. The Hall–Kier alpha value is 1.75. The fourth-order valence-electron chi connectivity index (χ4n) is 0. The molecule has 0 aliphatic rings. The molecule has 20 valence electrons. The predicted molar refractivity (Wildman–Crippen MR) is 32.8 cm³/mol. The fraction of sp³-hybridized carbons (Fsp3) is 0. The first-order chi connectivity index (χ1) is 1.00. The molecule has 0 atom stereocenters. The van der Waals surface area contributed by atoms with Gasteiger partial charge < -0.3 is 0 Å². The van der Waals surface area contributed by atoms with Crippen molar-refractivity contribution in [1.29, 1.82) is 0 Å². The van der Waals surface area contributed by atoms with Crippen LogP contribution in [-0.2, 0) is 11.8 Å². The maximum atomic E-state index is 3.89. The molecular formula is H5GaLiPS. The van der Waals surface area contributed by atoms with E-state index in [1.165, 1.54) is 0 Å². The van der Waals surface area contributed by atoms with Crippen LogP contribution in [-0.4, -0.2) is 38.7 Å². The Morgan fingerprint density at radius 1 is 1.25 bits per heavy atom. The summed E-state index contributed by atoms with van der Waals surface area (Å²) in [5.41, 5.74) is 0. The van der Waals surface area contributed by atoms with Crippen LogP contribution in [0.1, 0.15) is 0 Å². The molecule has 0 rings (SSSR count). The van der Waals surface area contributed by atoms with Gasteiger partial charge in [0.05, 0.1) is 0 Å². The Balaban J connectivity index is -0.00000000500. The summed E-state index contributed by atoms with van der Waals surface area (Å²) in [5.74, 6) is 0. The van der Waals surface area contributed by atoms with Crippen molar-refractivity contribution < 1.29 is 0 Å². The third kappa shape index (κ3) is 9.26.